The Morgan fingerprint density at radius 3 is 2.52 bits per heavy atom. The molecule has 1 N–H and O–H groups in total. The normalized spacial score (nSPS) is 28.9. The molecule has 0 aromatic heterocycles. The van der Waals surface area contributed by atoms with Crippen LogP contribution in [0.25, 0.3) is 0 Å². The Balaban J connectivity index is 0.00000261. The summed E-state index contributed by atoms with van der Waals surface area (Å²) in [6.45, 7) is 16.6. The summed E-state index contributed by atoms with van der Waals surface area (Å²) in [6, 6.07) is 0.647. The molecule has 2 atom stereocenters. The Labute approximate surface area is 183 Å². The Morgan fingerprint density at radius 2 is 1.85 bits per heavy atom. The molecule has 0 amide bonds. The van der Waals surface area contributed by atoms with Crippen LogP contribution in [0, 0.1) is 5.92 Å². The van der Waals surface area contributed by atoms with Gasteiger partial charge in [-0.2, -0.15) is 0 Å². The topological polar surface area (TPSA) is 43.3 Å². The quantitative estimate of drug-likeness (QED) is 0.369. The number of piperidine rings is 1. The van der Waals surface area contributed by atoms with E-state index in [1.807, 2.05) is 7.05 Å². The van der Waals surface area contributed by atoms with E-state index in [4.69, 9.17) is 4.74 Å². The summed E-state index contributed by atoms with van der Waals surface area (Å²) >= 11 is 0. The van der Waals surface area contributed by atoms with E-state index in [0.717, 1.165) is 57.8 Å². The van der Waals surface area contributed by atoms with Gasteiger partial charge in [0.25, 0.3) is 0 Å². The predicted molar refractivity (Wildman–Crippen MR) is 123 cm³/mol. The first-order valence-corrected chi connectivity index (χ1v) is 10.5. The molecule has 6 nitrogen and oxygen atoms in total. The number of halogens is 1. The summed E-state index contributed by atoms with van der Waals surface area (Å²) in [5.74, 6) is 1.88. The van der Waals surface area contributed by atoms with E-state index in [1.165, 1.54) is 32.4 Å². The number of nitrogens with zero attached hydrogens (tertiary/aromatic N) is 4. The van der Waals surface area contributed by atoms with Crippen molar-refractivity contribution in [2.45, 2.75) is 51.6 Å². The summed E-state index contributed by atoms with van der Waals surface area (Å²) in [6.07, 6.45) is 3.93. The molecule has 0 aromatic rings. The van der Waals surface area contributed by atoms with Crippen molar-refractivity contribution in [2.24, 2.45) is 10.9 Å². The summed E-state index contributed by atoms with van der Waals surface area (Å²) in [7, 11) is 1.92. The fraction of sp³-hybridized carbons (Fsp3) is 0.950. The maximum Gasteiger partial charge on any atom is 0.193 e. The van der Waals surface area contributed by atoms with E-state index in [-0.39, 0.29) is 29.5 Å². The molecule has 0 radical (unpaired) electrons. The molecular weight excluding hydrogens is 453 g/mol. The number of aliphatic imine (C=N–C) groups is 1. The van der Waals surface area contributed by atoms with Crippen molar-refractivity contribution < 1.29 is 4.74 Å². The highest BCUT2D eigenvalue weighted by atomic mass is 127. The molecule has 158 valence electrons. The molecule has 0 aliphatic carbocycles. The molecule has 3 aliphatic heterocycles. The first kappa shape index (κ1) is 23.2. The number of hydrogen-bond donors (Lipinski definition) is 1. The van der Waals surface area contributed by atoms with Gasteiger partial charge in [-0.1, -0.05) is 6.92 Å². The fourth-order valence-corrected chi connectivity index (χ4v) is 4.65. The minimum Gasteiger partial charge on any atom is -0.379 e. The molecule has 0 spiro atoms. The van der Waals surface area contributed by atoms with Crippen molar-refractivity contribution in [3.05, 3.63) is 0 Å². The van der Waals surface area contributed by atoms with Crippen LogP contribution < -0.4 is 5.32 Å². The first-order valence-electron chi connectivity index (χ1n) is 10.5. The van der Waals surface area contributed by atoms with E-state index in [0.29, 0.717) is 6.04 Å². The van der Waals surface area contributed by atoms with Crippen LogP contribution in [-0.2, 0) is 4.74 Å². The van der Waals surface area contributed by atoms with Gasteiger partial charge in [0.2, 0.25) is 0 Å². The minimum atomic E-state index is 0. The molecule has 7 heteroatoms. The molecule has 3 rings (SSSR count). The van der Waals surface area contributed by atoms with Crippen molar-refractivity contribution >= 4 is 29.9 Å². The lowest BCUT2D eigenvalue weighted by molar-refractivity contribution is 0.0194. The number of ether oxygens (including phenoxy) is 1. The number of morpholine rings is 1. The number of likely N-dealkylation sites (tertiary alicyclic amines) is 2. The van der Waals surface area contributed by atoms with Crippen molar-refractivity contribution in [3.8, 4) is 0 Å². The van der Waals surface area contributed by atoms with Crippen LogP contribution in [0.2, 0.25) is 0 Å². The van der Waals surface area contributed by atoms with Crippen molar-refractivity contribution in [1.29, 1.82) is 0 Å². The highest BCUT2D eigenvalue weighted by Gasteiger charge is 2.33. The highest BCUT2D eigenvalue weighted by Crippen LogP contribution is 2.23. The van der Waals surface area contributed by atoms with Gasteiger partial charge in [0, 0.05) is 57.9 Å². The van der Waals surface area contributed by atoms with Gasteiger partial charge >= 0.3 is 0 Å². The maximum absolute atomic E-state index is 5.50. The molecule has 2 unspecified atom stereocenters. The third-order valence-corrected chi connectivity index (χ3v) is 6.43. The minimum absolute atomic E-state index is 0. The Bertz CT molecular complexity index is 481. The standard InChI is InChI=1S/C20H39N5O.HI/c1-17-6-5-8-25(14-17)20(2,3)16-22-19(21-4)24-9-7-18(15-24)23-10-12-26-13-11-23;/h17-18H,5-16H2,1-4H3,(H,21,22);1H. The van der Waals surface area contributed by atoms with E-state index in [9.17, 15) is 0 Å². The lowest BCUT2D eigenvalue weighted by Gasteiger charge is -2.43. The number of nitrogens with one attached hydrogen (secondary N) is 1. The summed E-state index contributed by atoms with van der Waals surface area (Å²) < 4.78 is 5.50. The maximum atomic E-state index is 5.50. The zero-order valence-corrected chi connectivity index (χ0v) is 20.1. The largest absolute Gasteiger partial charge is 0.379 e. The SMILES string of the molecule is CN=C(NCC(C)(C)N1CCCC(C)C1)N1CCC(N2CCOCC2)C1.I. The zero-order chi connectivity index (χ0) is 18.6. The van der Waals surface area contributed by atoms with Gasteiger partial charge in [-0.15, -0.1) is 24.0 Å². The fourth-order valence-electron chi connectivity index (χ4n) is 4.65. The number of hydrogen-bond acceptors (Lipinski definition) is 4. The third-order valence-electron chi connectivity index (χ3n) is 6.43. The molecule has 3 saturated heterocycles. The van der Waals surface area contributed by atoms with E-state index in [1.54, 1.807) is 0 Å². The Hall–Kier alpha value is -0.120. The smallest absolute Gasteiger partial charge is 0.193 e. The summed E-state index contributed by atoms with van der Waals surface area (Å²) in [5, 5.41) is 3.68. The first-order chi connectivity index (χ1) is 12.5. The van der Waals surface area contributed by atoms with Crippen LogP contribution in [0.5, 0.6) is 0 Å². The van der Waals surface area contributed by atoms with Crippen molar-refractivity contribution in [1.82, 2.24) is 20.0 Å². The highest BCUT2D eigenvalue weighted by molar-refractivity contribution is 14.0. The van der Waals surface area contributed by atoms with Crippen LogP contribution in [0.1, 0.15) is 40.0 Å². The molecule has 27 heavy (non-hydrogen) atoms. The molecule has 0 aromatic carbocycles. The Morgan fingerprint density at radius 1 is 1.11 bits per heavy atom. The lowest BCUT2D eigenvalue weighted by Crippen LogP contribution is -2.56. The van der Waals surface area contributed by atoms with Crippen molar-refractivity contribution in [2.75, 3.05) is 66.1 Å². The van der Waals surface area contributed by atoms with Crippen LogP contribution in [0.4, 0.5) is 0 Å². The zero-order valence-electron chi connectivity index (χ0n) is 17.7. The van der Waals surface area contributed by atoms with Crippen LogP contribution in [0.15, 0.2) is 4.99 Å². The molecular formula is C20H40IN5O. The second kappa shape index (κ2) is 10.6. The lowest BCUT2D eigenvalue weighted by atomic mass is 9.93. The monoisotopic (exact) mass is 493 g/mol. The Kier molecular flexibility index (Phi) is 9.09. The number of guanidine groups is 1. The average molecular weight is 493 g/mol. The second-order valence-corrected chi connectivity index (χ2v) is 8.94. The average Bonchev–Trinajstić information content (AvgIpc) is 3.13. The van der Waals surface area contributed by atoms with E-state index in [2.05, 4.69) is 45.8 Å². The second-order valence-electron chi connectivity index (χ2n) is 8.94. The summed E-state index contributed by atoms with van der Waals surface area (Å²) in [4.78, 5) is 12.3. The van der Waals surface area contributed by atoms with Crippen LogP contribution in [0.3, 0.4) is 0 Å². The van der Waals surface area contributed by atoms with Gasteiger partial charge in [0.15, 0.2) is 5.96 Å². The van der Waals surface area contributed by atoms with Gasteiger partial charge < -0.3 is 15.0 Å². The van der Waals surface area contributed by atoms with Crippen molar-refractivity contribution in [3.63, 3.8) is 0 Å². The molecule has 3 fully saturated rings. The van der Waals surface area contributed by atoms with Gasteiger partial charge in [-0.25, -0.2) is 0 Å². The molecule has 0 saturated carbocycles. The van der Waals surface area contributed by atoms with E-state index < -0.39 is 0 Å². The molecule has 0 bridgehead atoms. The third kappa shape index (κ3) is 6.18. The predicted octanol–water partition coefficient (Wildman–Crippen LogP) is 2.10. The van der Waals surface area contributed by atoms with Crippen LogP contribution >= 0.6 is 24.0 Å². The van der Waals surface area contributed by atoms with Gasteiger partial charge in [-0.3, -0.25) is 14.8 Å². The number of rotatable bonds is 4. The van der Waals surface area contributed by atoms with Crippen LogP contribution in [-0.4, -0.2) is 98.3 Å². The molecule has 3 heterocycles. The van der Waals surface area contributed by atoms with Gasteiger partial charge in [0.05, 0.1) is 13.2 Å². The summed E-state index contributed by atoms with van der Waals surface area (Å²) in [5.41, 5.74) is 0.161. The van der Waals surface area contributed by atoms with E-state index >= 15 is 0 Å². The van der Waals surface area contributed by atoms with Gasteiger partial charge in [0.1, 0.15) is 0 Å². The van der Waals surface area contributed by atoms with Gasteiger partial charge in [-0.05, 0) is 45.6 Å². The molecule has 3 aliphatic rings.